The summed E-state index contributed by atoms with van der Waals surface area (Å²) in [5, 5.41) is 9.36. The van der Waals surface area contributed by atoms with E-state index in [-0.39, 0.29) is 24.5 Å². The van der Waals surface area contributed by atoms with Crippen LogP contribution in [0.25, 0.3) is 0 Å². The molecule has 3 atom stereocenters. The van der Waals surface area contributed by atoms with E-state index < -0.39 is 18.1 Å². The molecule has 2 saturated heterocycles. The smallest absolute Gasteiger partial charge is 0.416 e. The zero-order valence-corrected chi connectivity index (χ0v) is 17.2. The average Bonchev–Trinajstić information content (AvgIpc) is 3.40. The Kier molecular flexibility index (Phi) is 6.21. The minimum absolute atomic E-state index is 0.144. The van der Waals surface area contributed by atoms with Gasteiger partial charge in [0.15, 0.2) is 0 Å². The predicted molar refractivity (Wildman–Crippen MR) is 113 cm³/mol. The maximum Gasteiger partial charge on any atom is 0.416 e. The van der Waals surface area contributed by atoms with Gasteiger partial charge in [-0.3, -0.25) is 4.79 Å². The molecule has 4 rings (SSSR count). The molecule has 7 nitrogen and oxygen atoms in total. The third kappa shape index (κ3) is 4.71. The first-order valence-corrected chi connectivity index (χ1v) is 10.6. The molecule has 0 spiro atoms. The van der Waals surface area contributed by atoms with Crippen molar-refractivity contribution in [3.63, 3.8) is 0 Å². The number of imide groups is 1. The standard InChI is InChI=1S/C24H26N2O5/c27-22(26-20(16-31-24(26)30)13-17-7-3-1-4-8-17)21(14-18-9-5-2-6-10-18)19-11-12-25(15-19)23(28)29/h1-10,19-21H,11-16H2,(H,28,29)/t19-,20-,21?/m0/s1. The zero-order valence-electron chi connectivity index (χ0n) is 17.2. The van der Waals surface area contributed by atoms with Crippen LogP contribution in [0, 0.1) is 11.8 Å². The molecular weight excluding hydrogens is 396 g/mol. The minimum atomic E-state index is -0.976. The molecule has 1 N–H and O–H groups in total. The van der Waals surface area contributed by atoms with Gasteiger partial charge in [0.05, 0.1) is 6.04 Å². The molecule has 7 heteroatoms. The highest BCUT2D eigenvalue weighted by atomic mass is 16.6. The van der Waals surface area contributed by atoms with Gasteiger partial charge < -0.3 is 14.7 Å². The maximum atomic E-state index is 13.7. The van der Waals surface area contributed by atoms with Crippen LogP contribution in [0.4, 0.5) is 9.59 Å². The molecule has 2 fully saturated rings. The quantitative estimate of drug-likeness (QED) is 0.771. The van der Waals surface area contributed by atoms with E-state index in [0.717, 1.165) is 11.1 Å². The second-order valence-electron chi connectivity index (χ2n) is 8.20. The predicted octanol–water partition coefficient (Wildman–Crippen LogP) is 3.44. The number of hydrogen-bond donors (Lipinski definition) is 1. The Bertz CT molecular complexity index is 934. The SMILES string of the molecule is O=C(O)N1CC[C@H](C(Cc2ccccc2)C(=O)N2C(=O)OC[C@@H]2Cc2ccccc2)C1. The van der Waals surface area contributed by atoms with Gasteiger partial charge in [-0.05, 0) is 36.3 Å². The second kappa shape index (κ2) is 9.20. The number of ether oxygens (including phenoxy) is 1. The molecule has 2 aromatic rings. The Morgan fingerprint density at radius 1 is 1.03 bits per heavy atom. The number of carbonyl (C=O) groups excluding carboxylic acids is 2. The monoisotopic (exact) mass is 422 g/mol. The molecule has 2 aromatic carbocycles. The van der Waals surface area contributed by atoms with Crippen molar-refractivity contribution >= 4 is 18.1 Å². The lowest BCUT2D eigenvalue weighted by Crippen LogP contribution is -2.46. The first-order chi connectivity index (χ1) is 15.0. The van der Waals surface area contributed by atoms with Crippen molar-refractivity contribution in [2.45, 2.75) is 25.3 Å². The van der Waals surface area contributed by atoms with Crippen LogP contribution in [0.2, 0.25) is 0 Å². The molecule has 2 heterocycles. The van der Waals surface area contributed by atoms with Crippen molar-refractivity contribution in [3.05, 3.63) is 71.8 Å². The second-order valence-corrected chi connectivity index (χ2v) is 8.20. The van der Waals surface area contributed by atoms with Crippen molar-refractivity contribution in [2.75, 3.05) is 19.7 Å². The summed E-state index contributed by atoms with van der Waals surface area (Å²) in [7, 11) is 0. The number of rotatable bonds is 6. The van der Waals surface area contributed by atoms with Crippen LogP contribution < -0.4 is 0 Å². The molecule has 0 aliphatic carbocycles. The number of cyclic esters (lactones) is 1. The molecule has 3 amide bonds. The fourth-order valence-corrected chi connectivity index (χ4v) is 4.56. The summed E-state index contributed by atoms with van der Waals surface area (Å²) in [6.07, 6.45) is -0.00278. The molecule has 1 unspecified atom stereocenters. The highest BCUT2D eigenvalue weighted by Crippen LogP contribution is 2.31. The molecule has 31 heavy (non-hydrogen) atoms. The van der Waals surface area contributed by atoms with E-state index in [4.69, 9.17) is 4.74 Å². The van der Waals surface area contributed by atoms with Crippen molar-refractivity contribution < 1.29 is 24.2 Å². The zero-order chi connectivity index (χ0) is 21.8. The summed E-state index contributed by atoms with van der Waals surface area (Å²) >= 11 is 0. The number of hydrogen-bond acceptors (Lipinski definition) is 4. The van der Waals surface area contributed by atoms with Crippen LogP contribution in [-0.4, -0.2) is 58.7 Å². The van der Waals surface area contributed by atoms with Crippen molar-refractivity contribution in [1.29, 1.82) is 0 Å². The highest BCUT2D eigenvalue weighted by molar-refractivity contribution is 5.95. The molecular formula is C24H26N2O5. The van der Waals surface area contributed by atoms with E-state index in [2.05, 4.69) is 0 Å². The Labute approximate surface area is 181 Å². The van der Waals surface area contributed by atoms with Crippen LogP contribution in [0.3, 0.4) is 0 Å². The molecule has 0 saturated carbocycles. The largest absolute Gasteiger partial charge is 0.465 e. The number of nitrogens with zero attached hydrogens (tertiary/aromatic N) is 2. The van der Waals surface area contributed by atoms with Crippen molar-refractivity contribution in [2.24, 2.45) is 11.8 Å². The van der Waals surface area contributed by atoms with E-state index in [1.165, 1.54) is 9.80 Å². The van der Waals surface area contributed by atoms with Gasteiger partial charge in [-0.1, -0.05) is 60.7 Å². The highest BCUT2D eigenvalue weighted by Gasteiger charge is 2.44. The van der Waals surface area contributed by atoms with Crippen molar-refractivity contribution in [3.8, 4) is 0 Å². The molecule has 0 radical (unpaired) electrons. The van der Waals surface area contributed by atoms with Gasteiger partial charge in [0.1, 0.15) is 6.61 Å². The lowest BCUT2D eigenvalue weighted by Gasteiger charge is -2.28. The third-order valence-electron chi connectivity index (χ3n) is 6.19. The van der Waals surface area contributed by atoms with Gasteiger partial charge in [0, 0.05) is 19.0 Å². The van der Waals surface area contributed by atoms with E-state index in [1.54, 1.807) is 0 Å². The fraction of sp³-hybridized carbons (Fsp3) is 0.375. The number of likely N-dealkylation sites (tertiary alicyclic amines) is 1. The van der Waals surface area contributed by atoms with E-state index >= 15 is 0 Å². The lowest BCUT2D eigenvalue weighted by molar-refractivity contribution is -0.135. The minimum Gasteiger partial charge on any atom is -0.465 e. The fourth-order valence-electron chi connectivity index (χ4n) is 4.56. The van der Waals surface area contributed by atoms with Crippen LogP contribution in [0.1, 0.15) is 17.5 Å². The Morgan fingerprint density at radius 2 is 1.68 bits per heavy atom. The number of benzene rings is 2. The van der Waals surface area contributed by atoms with Gasteiger partial charge in [0.25, 0.3) is 0 Å². The van der Waals surface area contributed by atoms with Gasteiger partial charge in [-0.15, -0.1) is 0 Å². The van der Waals surface area contributed by atoms with Crippen LogP contribution in [0.15, 0.2) is 60.7 Å². The van der Waals surface area contributed by atoms with Gasteiger partial charge in [-0.25, -0.2) is 14.5 Å². The third-order valence-corrected chi connectivity index (χ3v) is 6.19. The summed E-state index contributed by atoms with van der Waals surface area (Å²) in [6, 6.07) is 19.0. The Hall–Kier alpha value is -3.35. The lowest BCUT2D eigenvalue weighted by atomic mass is 9.84. The summed E-state index contributed by atoms with van der Waals surface area (Å²) in [4.78, 5) is 40.3. The topological polar surface area (TPSA) is 87.2 Å². The normalized spacial score (nSPS) is 21.7. The van der Waals surface area contributed by atoms with Crippen LogP contribution in [-0.2, 0) is 22.4 Å². The van der Waals surface area contributed by atoms with E-state index in [0.29, 0.717) is 32.4 Å². The number of carbonyl (C=O) groups is 3. The van der Waals surface area contributed by atoms with Gasteiger partial charge in [0.2, 0.25) is 5.91 Å². The summed E-state index contributed by atoms with van der Waals surface area (Å²) in [5.74, 6) is -0.908. The van der Waals surface area contributed by atoms with Crippen LogP contribution in [0.5, 0.6) is 0 Å². The molecule has 2 aliphatic heterocycles. The summed E-state index contributed by atoms with van der Waals surface area (Å²) in [6.45, 7) is 0.866. The Balaban J connectivity index is 1.57. The molecule has 0 bridgehead atoms. The van der Waals surface area contributed by atoms with Crippen LogP contribution >= 0.6 is 0 Å². The number of carboxylic acid groups (broad SMARTS) is 1. The first kappa shape index (κ1) is 20.9. The molecule has 0 aromatic heterocycles. The van der Waals surface area contributed by atoms with Gasteiger partial charge >= 0.3 is 12.2 Å². The van der Waals surface area contributed by atoms with Gasteiger partial charge in [-0.2, -0.15) is 0 Å². The van der Waals surface area contributed by atoms with E-state index in [1.807, 2.05) is 60.7 Å². The maximum absolute atomic E-state index is 13.7. The van der Waals surface area contributed by atoms with E-state index in [9.17, 15) is 19.5 Å². The summed E-state index contributed by atoms with van der Waals surface area (Å²) in [5.41, 5.74) is 2.02. The summed E-state index contributed by atoms with van der Waals surface area (Å²) < 4.78 is 5.26. The first-order valence-electron chi connectivity index (χ1n) is 10.6. The molecule has 2 aliphatic rings. The molecule has 162 valence electrons. The average molecular weight is 422 g/mol. The van der Waals surface area contributed by atoms with Crippen molar-refractivity contribution in [1.82, 2.24) is 9.80 Å². The number of amides is 3. The Morgan fingerprint density at radius 3 is 2.29 bits per heavy atom.